The van der Waals surface area contributed by atoms with E-state index in [1.165, 1.54) is 12.1 Å². The number of rotatable bonds is 3. The van der Waals surface area contributed by atoms with E-state index in [-0.39, 0.29) is 12.2 Å². The van der Waals surface area contributed by atoms with Crippen molar-refractivity contribution >= 4 is 37.5 Å². The lowest BCUT2D eigenvalue weighted by atomic mass is 10.1. The van der Waals surface area contributed by atoms with Gasteiger partial charge in [0.15, 0.2) is 0 Å². The van der Waals surface area contributed by atoms with E-state index in [2.05, 4.69) is 31.9 Å². The van der Waals surface area contributed by atoms with Gasteiger partial charge in [-0.2, -0.15) is 5.26 Å². The van der Waals surface area contributed by atoms with Crippen molar-refractivity contribution in [2.24, 2.45) is 0 Å². The van der Waals surface area contributed by atoms with Crippen LogP contribution in [0.5, 0.6) is 5.75 Å². The minimum absolute atomic E-state index is 0.00142. The summed E-state index contributed by atoms with van der Waals surface area (Å²) < 4.78 is 20.3. The van der Waals surface area contributed by atoms with Gasteiger partial charge in [0, 0.05) is 5.69 Å². The molecule has 2 N–H and O–H groups in total. The van der Waals surface area contributed by atoms with Gasteiger partial charge in [0.1, 0.15) is 24.2 Å². The fraction of sp³-hybridized carbons (Fsp3) is 0.0714. The Hall–Kier alpha value is -1.58. The number of benzene rings is 2. The van der Waals surface area contributed by atoms with Crippen molar-refractivity contribution in [3.05, 3.63) is 56.2 Å². The van der Waals surface area contributed by atoms with Gasteiger partial charge < -0.3 is 10.5 Å². The van der Waals surface area contributed by atoms with Crippen LogP contribution in [-0.2, 0) is 6.61 Å². The fourth-order valence-electron chi connectivity index (χ4n) is 1.62. The molecular formula is C14H9Br2FN2O. The average molecular weight is 400 g/mol. The molecule has 0 bridgehead atoms. The third kappa shape index (κ3) is 3.30. The Kier molecular flexibility index (Phi) is 4.63. The minimum atomic E-state index is -0.536. The number of nitriles is 1. The Labute approximate surface area is 132 Å². The molecule has 0 saturated heterocycles. The van der Waals surface area contributed by atoms with Crippen LogP contribution in [-0.4, -0.2) is 0 Å². The predicted octanol–water partition coefficient (Wildman–Crippen LogP) is 4.38. The summed E-state index contributed by atoms with van der Waals surface area (Å²) in [6, 6.07) is 9.55. The molecule has 0 aliphatic carbocycles. The molecule has 0 radical (unpaired) electrons. The van der Waals surface area contributed by atoms with Crippen molar-refractivity contribution in [3.8, 4) is 11.8 Å². The molecule has 2 aromatic rings. The van der Waals surface area contributed by atoms with Crippen molar-refractivity contribution in [2.75, 3.05) is 5.73 Å². The summed E-state index contributed by atoms with van der Waals surface area (Å²) in [6.07, 6.45) is 0. The van der Waals surface area contributed by atoms with E-state index in [1.54, 1.807) is 24.3 Å². The van der Waals surface area contributed by atoms with Crippen LogP contribution < -0.4 is 10.5 Å². The molecule has 0 aromatic heterocycles. The summed E-state index contributed by atoms with van der Waals surface area (Å²) in [6.45, 7) is 0.218. The van der Waals surface area contributed by atoms with Gasteiger partial charge in [-0.1, -0.05) is 6.07 Å². The van der Waals surface area contributed by atoms with E-state index in [4.69, 9.17) is 15.7 Å². The third-order valence-electron chi connectivity index (χ3n) is 2.56. The number of halogens is 3. The van der Waals surface area contributed by atoms with E-state index in [1.807, 2.05) is 0 Å². The van der Waals surface area contributed by atoms with Crippen LogP contribution in [0.4, 0.5) is 10.1 Å². The number of nitrogens with two attached hydrogens (primary N) is 1. The van der Waals surface area contributed by atoms with E-state index in [9.17, 15) is 4.39 Å². The molecule has 0 aliphatic heterocycles. The largest absolute Gasteiger partial charge is 0.487 e. The fourth-order valence-corrected chi connectivity index (χ4v) is 3.07. The van der Waals surface area contributed by atoms with Crippen molar-refractivity contribution in [3.63, 3.8) is 0 Å². The van der Waals surface area contributed by atoms with Crippen LogP contribution in [0.3, 0.4) is 0 Å². The molecular weight excluding hydrogens is 391 g/mol. The highest BCUT2D eigenvalue weighted by Crippen LogP contribution is 2.36. The molecule has 3 nitrogen and oxygen atoms in total. The average Bonchev–Trinajstić information content (AvgIpc) is 2.39. The van der Waals surface area contributed by atoms with Gasteiger partial charge in [0.05, 0.1) is 14.5 Å². The van der Waals surface area contributed by atoms with Gasteiger partial charge in [0.25, 0.3) is 0 Å². The lowest BCUT2D eigenvalue weighted by Gasteiger charge is -2.11. The van der Waals surface area contributed by atoms with Gasteiger partial charge in [-0.15, -0.1) is 0 Å². The number of hydrogen-bond acceptors (Lipinski definition) is 3. The van der Waals surface area contributed by atoms with E-state index >= 15 is 0 Å². The predicted molar refractivity (Wildman–Crippen MR) is 81.7 cm³/mol. The van der Waals surface area contributed by atoms with Crippen molar-refractivity contribution < 1.29 is 9.13 Å². The highest BCUT2D eigenvalue weighted by Gasteiger charge is 2.09. The van der Waals surface area contributed by atoms with Crippen LogP contribution in [0.1, 0.15) is 11.1 Å². The maximum atomic E-state index is 13.2. The Balaban J connectivity index is 2.20. The Bertz CT molecular complexity index is 675. The second kappa shape index (κ2) is 6.25. The van der Waals surface area contributed by atoms with E-state index in [0.29, 0.717) is 25.9 Å². The molecule has 0 unspecified atom stereocenters. The molecule has 6 heteroatoms. The Morgan fingerprint density at radius 2 is 1.85 bits per heavy atom. The first-order valence-electron chi connectivity index (χ1n) is 5.57. The quantitative estimate of drug-likeness (QED) is 0.779. The zero-order valence-electron chi connectivity index (χ0n) is 10.2. The summed E-state index contributed by atoms with van der Waals surface area (Å²) in [5.74, 6) is 0.0631. The molecule has 0 fully saturated rings. The number of nitrogens with zero attached hydrogens (tertiary/aromatic N) is 1. The van der Waals surface area contributed by atoms with Gasteiger partial charge in [0.2, 0.25) is 0 Å². The lowest BCUT2D eigenvalue weighted by molar-refractivity contribution is 0.302. The molecule has 2 aromatic carbocycles. The molecule has 0 saturated carbocycles. The maximum Gasteiger partial charge on any atom is 0.148 e. The summed E-state index contributed by atoms with van der Waals surface area (Å²) >= 11 is 6.73. The van der Waals surface area contributed by atoms with Gasteiger partial charge >= 0.3 is 0 Å². The highest BCUT2D eigenvalue weighted by molar-refractivity contribution is 9.11. The molecule has 0 amide bonds. The highest BCUT2D eigenvalue weighted by atomic mass is 79.9. The lowest BCUT2D eigenvalue weighted by Crippen LogP contribution is -1.99. The normalized spacial score (nSPS) is 10.1. The zero-order valence-corrected chi connectivity index (χ0v) is 13.3. The standard InChI is InChI=1S/C14H9Br2FN2O/c15-11-4-10(19)5-12(16)14(11)20-7-8-1-2-13(17)9(3-8)6-18/h1-5H,7,19H2. The van der Waals surface area contributed by atoms with Gasteiger partial charge in [-0.3, -0.25) is 0 Å². The summed E-state index contributed by atoms with van der Waals surface area (Å²) in [5.41, 5.74) is 7.01. The van der Waals surface area contributed by atoms with E-state index < -0.39 is 5.82 Å². The molecule has 0 aliphatic rings. The molecule has 102 valence electrons. The van der Waals surface area contributed by atoms with Crippen LogP contribution in [0.25, 0.3) is 0 Å². The molecule has 0 atom stereocenters. The number of hydrogen-bond donors (Lipinski definition) is 1. The van der Waals surface area contributed by atoms with Crippen molar-refractivity contribution in [1.82, 2.24) is 0 Å². The Morgan fingerprint density at radius 1 is 1.20 bits per heavy atom. The SMILES string of the molecule is N#Cc1cc(COc2c(Br)cc(N)cc2Br)ccc1F. The second-order valence-corrected chi connectivity index (χ2v) is 5.74. The number of ether oxygens (including phenoxy) is 1. The van der Waals surface area contributed by atoms with Crippen molar-refractivity contribution in [2.45, 2.75) is 6.61 Å². The molecule has 0 heterocycles. The smallest absolute Gasteiger partial charge is 0.148 e. The second-order valence-electron chi connectivity index (χ2n) is 4.03. The maximum absolute atomic E-state index is 13.2. The van der Waals surface area contributed by atoms with Crippen molar-refractivity contribution in [1.29, 1.82) is 5.26 Å². The summed E-state index contributed by atoms with van der Waals surface area (Å²) in [4.78, 5) is 0. The molecule has 2 rings (SSSR count). The van der Waals surface area contributed by atoms with Crippen LogP contribution >= 0.6 is 31.9 Å². The zero-order chi connectivity index (χ0) is 14.7. The summed E-state index contributed by atoms with van der Waals surface area (Å²) in [7, 11) is 0. The first-order valence-corrected chi connectivity index (χ1v) is 7.15. The first kappa shape index (κ1) is 14.8. The molecule has 20 heavy (non-hydrogen) atoms. The Morgan fingerprint density at radius 3 is 2.45 bits per heavy atom. The monoisotopic (exact) mass is 398 g/mol. The van der Waals surface area contributed by atoms with Crippen LogP contribution in [0.15, 0.2) is 39.3 Å². The number of nitrogen functional groups attached to an aromatic ring is 1. The van der Waals surface area contributed by atoms with Crippen LogP contribution in [0.2, 0.25) is 0 Å². The number of anilines is 1. The topological polar surface area (TPSA) is 59.0 Å². The van der Waals surface area contributed by atoms with E-state index in [0.717, 1.165) is 0 Å². The summed E-state index contributed by atoms with van der Waals surface area (Å²) in [5, 5.41) is 8.79. The third-order valence-corrected chi connectivity index (χ3v) is 3.73. The van der Waals surface area contributed by atoms with Crippen LogP contribution in [0, 0.1) is 17.1 Å². The molecule has 0 spiro atoms. The van der Waals surface area contributed by atoms with Gasteiger partial charge in [-0.25, -0.2) is 4.39 Å². The first-order chi connectivity index (χ1) is 9.51. The minimum Gasteiger partial charge on any atom is -0.487 e. The van der Waals surface area contributed by atoms with Gasteiger partial charge in [-0.05, 0) is 61.7 Å².